The van der Waals surface area contributed by atoms with Crippen molar-refractivity contribution >= 4 is 23.3 Å². The van der Waals surface area contributed by atoms with Crippen LogP contribution in [0, 0.1) is 0 Å². The van der Waals surface area contributed by atoms with Crippen LogP contribution in [0.25, 0.3) is 11.3 Å². The molecule has 7 nitrogen and oxygen atoms in total. The Hall–Kier alpha value is -3.82. The van der Waals surface area contributed by atoms with Crippen LogP contribution in [0.15, 0.2) is 48.5 Å². The number of nitrogen functional groups attached to an aromatic ring is 1. The third kappa shape index (κ3) is 4.90. The van der Waals surface area contributed by atoms with Gasteiger partial charge in [0.25, 0.3) is 5.91 Å². The van der Waals surface area contributed by atoms with E-state index in [-0.39, 0.29) is 29.5 Å². The number of nitrogens with one attached hydrogen (secondary N) is 1. The first-order valence-corrected chi connectivity index (χ1v) is 9.71. The normalized spacial score (nSPS) is 11.6. The van der Waals surface area contributed by atoms with E-state index in [4.69, 9.17) is 11.5 Å². The van der Waals surface area contributed by atoms with Gasteiger partial charge in [-0.3, -0.25) is 9.59 Å². The smallest absolute Gasteiger partial charge is 0.383 e. The van der Waals surface area contributed by atoms with Crippen LogP contribution in [-0.2, 0) is 17.4 Å². The zero-order valence-electron chi connectivity index (χ0n) is 17.4. The number of carbonyl (C=O) groups excluding carboxylic acids is 2. The standard InChI is InChI=1S/C22H22F3N5O2/c1-12(2)30-20(26)18(21(27)32)19(29-30)14-8-6-13(7-9-14)10-17(31)28-16-5-3-4-15(11-16)22(23,24)25/h3-9,11-12H,10,26H2,1-2H3,(H2,27,32)(H,28,31). The van der Waals surface area contributed by atoms with Crippen molar-refractivity contribution in [1.82, 2.24) is 9.78 Å². The lowest BCUT2D eigenvalue weighted by Crippen LogP contribution is -2.15. The minimum atomic E-state index is -4.49. The van der Waals surface area contributed by atoms with Crippen molar-refractivity contribution < 1.29 is 22.8 Å². The molecule has 2 amide bonds. The number of nitrogens with two attached hydrogens (primary N) is 2. The summed E-state index contributed by atoms with van der Waals surface area (Å²) in [6.45, 7) is 3.73. The van der Waals surface area contributed by atoms with Gasteiger partial charge in [-0.05, 0) is 37.6 Å². The van der Waals surface area contributed by atoms with Crippen molar-refractivity contribution in [3.05, 3.63) is 65.2 Å². The maximum Gasteiger partial charge on any atom is 0.416 e. The van der Waals surface area contributed by atoms with Crippen LogP contribution in [0.2, 0.25) is 0 Å². The van der Waals surface area contributed by atoms with Crippen molar-refractivity contribution in [2.24, 2.45) is 5.73 Å². The Labute approximate surface area is 182 Å². The monoisotopic (exact) mass is 445 g/mol. The van der Waals surface area contributed by atoms with E-state index in [2.05, 4.69) is 10.4 Å². The fraction of sp³-hybridized carbons (Fsp3) is 0.227. The molecule has 0 saturated carbocycles. The van der Waals surface area contributed by atoms with Gasteiger partial charge >= 0.3 is 6.18 Å². The van der Waals surface area contributed by atoms with Gasteiger partial charge in [0.2, 0.25) is 5.91 Å². The van der Waals surface area contributed by atoms with Crippen LogP contribution in [0.1, 0.15) is 41.4 Å². The Morgan fingerprint density at radius 2 is 1.78 bits per heavy atom. The fourth-order valence-corrected chi connectivity index (χ4v) is 3.23. The summed E-state index contributed by atoms with van der Waals surface area (Å²) in [4.78, 5) is 24.2. The summed E-state index contributed by atoms with van der Waals surface area (Å²) in [7, 11) is 0. The Morgan fingerprint density at radius 1 is 1.12 bits per heavy atom. The number of carbonyl (C=O) groups is 2. The Kier molecular flexibility index (Phi) is 6.24. The van der Waals surface area contributed by atoms with Gasteiger partial charge in [-0.1, -0.05) is 30.3 Å². The molecule has 0 fully saturated rings. The molecule has 0 aliphatic rings. The highest BCUT2D eigenvalue weighted by Crippen LogP contribution is 2.31. The van der Waals surface area contributed by atoms with Gasteiger partial charge in [-0.15, -0.1) is 0 Å². The number of halogens is 3. The van der Waals surface area contributed by atoms with Gasteiger partial charge in [-0.2, -0.15) is 18.3 Å². The number of nitrogens with zero attached hydrogens (tertiary/aromatic N) is 2. The maximum atomic E-state index is 12.8. The van der Waals surface area contributed by atoms with E-state index < -0.39 is 23.6 Å². The molecule has 5 N–H and O–H groups in total. The Bertz CT molecular complexity index is 1150. The first kappa shape index (κ1) is 22.9. The highest BCUT2D eigenvalue weighted by Gasteiger charge is 2.30. The number of hydrogen-bond donors (Lipinski definition) is 3. The van der Waals surface area contributed by atoms with E-state index in [1.165, 1.54) is 16.8 Å². The van der Waals surface area contributed by atoms with Gasteiger partial charge in [-0.25, -0.2) is 4.68 Å². The van der Waals surface area contributed by atoms with Gasteiger partial charge in [0.1, 0.15) is 17.1 Å². The van der Waals surface area contributed by atoms with Crippen LogP contribution in [0.3, 0.4) is 0 Å². The summed E-state index contributed by atoms with van der Waals surface area (Å²) in [6.07, 6.45) is -4.55. The van der Waals surface area contributed by atoms with E-state index in [0.717, 1.165) is 12.1 Å². The van der Waals surface area contributed by atoms with Gasteiger partial charge < -0.3 is 16.8 Å². The van der Waals surface area contributed by atoms with Crippen molar-refractivity contribution in [2.75, 3.05) is 11.1 Å². The quantitative estimate of drug-likeness (QED) is 0.532. The second kappa shape index (κ2) is 8.74. The molecule has 3 rings (SSSR count). The van der Waals surface area contributed by atoms with Crippen molar-refractivity contribution in [2.45, 2.75) is 32.5 Å². The largest absolute Gasteiger partial charge is 0.416 e. The topological polar surface area (TPSA) is 116 Å². The number of rotatable bonds is 6. The molecule has 1 aromatic heterocycles. The van der Waals surface area contributed by atoms with Crippen LogP contribution in [0.5, 0.6) is 0 Å². The summed E-state index contributed by atoms with van der Waals surface area (Å²) in [6, 6.07) is 11.0. The summed E-state index contributed by atoms with van der Waals surface area (Å²) in [5.41, 5.74) is 12.4. The van der Waals surface area contributed by atoms with Crippen molar-refractivity contribution in [1.29, 1.82) is 0 Å². The molecule has 0 atom stereocenters. The predicted octanol–water partition coefficient (Wildman–Crippen LogP) is 4.01. The molecule has 3 aromatic rings. The molecule has 0 saturated heterocycles. The molecule has 32 heavy (non-hydrogen) atoms. The first-order valence-electron chi connectivity index (χ1n) is 9.71. The maximum absolute atomic E-state index is 12.8. The van der Waals surface area contributed by atoms with E-state index in [9.17, 15) is 22.8 Å². The minimum Gasteiger partial charge on any atom is -0.383 e. The number of aromatic nitrogens is 2. The average molecular weight is 445 g/mol. The summed E-state index contributed by atoms with van der Waals surface area (Å²) >= 11 is 0. The third-order valence-electron chi connectivity index (χ3n) is 4.75. The number of amides is 2. The zero-order chi connectivity index (χ0) is 23.6. The van der Waals surface area contributed by atoms with Gasteiger partial charge in [0, 0.05) is 17.3 Å². The van der Waals surface area contributed by atoms with Crippen molar-refractivity contribution in [3.8, 4) is 11.3 Å². The lowest BCUT2D eigenvalue weighted by Gasteiger charge is -2.10. The van der Waals surface area contributed by atoms with E-state index >= 15 is 0 Å². The lowest BCUT2D eigenvalue weighted by molar-refractivity contribution is -0.137. The Balaban J connectivity index is 1.77. The zero-order valence-corrected chi connectivity index (χ0v) is 17.4. The van der Waals surface area contributed by atoms with E-state index in [1.54, 1.807) is 24.3 Å². The molecule has 10 heteroatoms. The number of primary amides is 1. The fourth-order valence-electron chi connectivity index (χ4n) is 3.23. The second-order valence-electron chi connectivity index (χ2n) is 7.51. The molecular weight excluding hydrogens is 423 g/mol. The van der Waals surface area contributed by atoms with Crippen LogP contribution in [-0.4, -0.2) is 21.6 Å². The summed E-state index contributed by atoms with van der Waals surface area (Å²) < 4.78 is 40.0. The molecule has 2 aromatic carbocycles. The lowest BCUT2D eigenvalue weighted by atomic mass is 10.0. The highest BCUT2D eigenvalue weighted by atomic mass is 19.4. The summed E-state index contributed by atoms with van der Waals surface area (Å²) in [5.74, 6) is -0.996. The number of hydrogen-bond acceptors (Lipinski definition) is 4. The predicted molar refractivity (Wildman–Crippen MR) is 115 cm³/mol. The number of alkyl halides is 3. The van der Waals surface area contributed by atoms with Crippen molar-refractivity contribution in [3.63, 3.8) is 0 Å². The highest BCUT2D eigenvalue weighted by molar-refractivity contribution is 6.03. The van der Waals surface area contributed by atoms with Crippen LogP contribution >= 0.6 is 0 Å². The molecule has 0 radical (unpaired) electrons. The molecular formula is C22H22F3N5O2. The third-order valence-corrected chi connectivity index (χ3v) is 4.75. The molecule has 0 unspecified atom stereocenters. The van der Waals surface area contributed by atoms with Gasteiger partial charge in [0.15, 0.2) is 0 Å². The molecule has 0 aliphatic heterocycles. The molecule has 0 bridgehead atoms. The van der Waals surface area contributed by atoms with E-state index in [0.29, 0.717) is 16.8 Å². The average Bonchev–Trinajstić information content (AvgIpc) is 3.05. The molecule has 0 aliphatic carbocycles. The second-order valence-corrected chi connectivity index (χ2v) is 7.51. The van der Waals surface area contributed by atoms with Crippen LogP contribution in [0.4, 0.5) is 24.7 Å². The first-order chi connectivity index (χ1) is 15.0. The SMILES string of the molecule is CC(C)n1nc(-c2ccc(CC(=O)Nc3cccc(C(F)(F)F)c3)cc2)c(C(N)=O)c1N. The van der Waals surface area contributed by atoms with Crippen LogP contribution < -0.4 is 16.8 Å². The number of anilines is 2. The Morgan fingerprint density at radius 3 is 2.34 bits per heavy atom. The van der Waals surface area contributed by atoms with E-state index in [1.807, 2.05) is 13.8 Å². The van der Waals surface area contributed by atoms with Gasteiger partial charge in [0.05, 0.1) is 12.0 Å². The molecule has 1 heterocycles. The summed E-state index contributed by atoms with van der Waals surface area (Å²) in [5, 5.41) is 6.86. The molecule has 168 valence electrons. The minimum absolute atomic E-state index is 0.0538. The molecule has 0 spiro atoms. The number of benzene rings is 2.